The molecule has 3 rings (SSSR count). The van der Waals surface area contributed by atoms with E-state index in [-0.39, 0.29) is 5.75 Å². The van der Waals surface area contributed by atoms with Crippen molar-refractivity contribution in [2.75, 3.05) is 0 Å². The zero-order valence-electron chi connectivity index (χ0n) is 9.37. The Bertz CT molecular complexity index is 483. The minimum absolute atomic E-state index is 0.236. The zero-order valence-corrected chi connectivity index (χ0v) is 11.7. The van der Waals surface area contributed by atoms with Crippen LogP contribution in [0.2, 0.25) is 5.02 Å². The van der Waals surface area contributed by atoms with Gasteiger partial charge in [0.25, 0.3) is 0 Å². The molecule has 0 aromatic heterocycles. The van der Waals surface area contributed by atoms with Gasteiger partial charge in [0.05, 0.1) is 0 Å². The van der Waals surface area contributed by atoms with E-state index in [9.17, 15) is 5.11 Å². The van der Waals surface area contributed by atoms with Gasteiger partial charge in [0.1, 0.15) is 5.75 Å². The fourth-order valence-corrected chi connectivity index (χ4v) is 4.52. The van der Waals surface area contributed by atoms with Crippen LogP contribution in [0.4, 0.5) is 0 Å². The molecule has 3 unspecified atom stereocenters. The van der Waals surface area contributed by atoms with Crippen LogP contribution in [0.25, 0.3) is 0 Å². The van der Waals surface area contributed by atoms with Gasteiger partial charge in [-0.2, -0.15) is 0 Å². The molecule has 2 aliphatic carbocycles. The number of hydrogen-bond acceptors (Lipinski definition) is 1. The molecule has 1 aromatic carbocycles. The first kappa shape index (κ1) is 11.6. The van der Waals surface area contributed by atoms with E-state index in [1.54, 1.807) is 12.1 Å². The van der Waals surface area contributed by atoms with Gasteiger partial charge >= 0.3 is 0 Å². The van der Waals surface area contributed by atoms with Crippen molar-refractivity contribution in [3.63, 3.8) is 0 Å². The molecule has 1 nitrogen and oxygen atoms in total. The Morgan fingerprint density at radius 3 is 2.88 bits per heavy atom. The summed E-state index contributed by atoms with van der Waals surface area (Å²) in [6, 6.07) is 5.32. The molecule has 1 aromatic rings. The van der Waals surface area contributed by atoms with Crippen LogP contribution in [0.1, 0.15) is 30.7 Å². The van der Waals surface area contributed by atoms with Crippen molar-refractivity contribution in [1.29, 1.82) is 0 Å². The number of phenolic OH excluding ortho intramolecular Hbond substituents is 1. The highest BCUT2D eigenvalue weighted by Crippen LogP contribution is 2.54. The number of rotatable bonds is 1. The molecule has 17 heavy (non-hydrogen) atoms. The third-order valence-corrected chi connectivity index (χ3v) is 5.13. The lowest BCUT2D eigenvalue weighted by Crippen LogP contribution is -2.10. The third-order valence-electron chi connectivity index (χ3n) is 4.04. The molecule has 0 amide bonds. The standard InChI is InChI=1S/C14H14BrClO/c15-12-6-8-2-1-3-10(8)14(12)11-5-4-9(17)7-13(11)16/h4-8,10,14,17H,1-3H2. The van der Waals surface area contributed by atoms with Crippen molar-refractivity contribution in [2.45, 2.75) is 25.2 Å². The Labute approximate surface area is 115 Å². The van der Waals surface area contributed by atoms with Gasteiger partial charge in [0.15, 0.2) is 0 Å². The lowest BCUT2D eigenvalue weighted by atomic mass is 9.85. The maximum absolute atomic E-state index is 9.42. The average Bonchev–Trinajstić information content (AvgIpc) is 2.79. The molecular formula is C14H14BrClO. The van der Waals surface area contributed by atoms with Gasteiger partial charge in [-0.25, -0.2) is 0 Å². The molecule has 0 bridgehead atoms. The fourth-order valence-electron chi connectivity index (χ4n) is 3.30. The molecule has 0 aliphatic heterocycles. The predicted octanol–water partition coefficient (Wildman–Crippen LogP) is 4.84. The van der Waals surface area contributed by atoms with Crippen LogP contribution in [-0.4, -0.2) is 5.11 Å². The summed E-state index contributed by atoms with van der Waals surface area (Å²) in [6.07, 6.45) is 6.24. The number of aromatic hydroxyl groups is 1. The van der Waals surface area contributed by atoms with Crippen LogP contribution in [-0.2, 0) is 0 Å². The van der Waals surface area contributed by atoms with Crippen molar-refractivity contribution in [2.24, 2.45) is 11.8 Å². The van der Waals surface area contributed by atoms with Crippen LogP contribution < -0.4 is 0 Å². The second kappa shape index (κ2) is 4.33. The van der Waals surface area contributed by atoms with Gasteiger partial charge in [0.2, 0.25) is 0 Å². The molecule has 90 valence electrons. The molecule has 3 heteroatoms. The average molecular weight is 314 g/mol. The Hall–Kier alpha value is -0.470. The second-order valence-electron chi connectivity index (χ2n) is 4.99. The van der Waals surface area contributed by atoms with Crippen molar-refractivity contribution < 1.29 is 5.11 Å². The Morgan fingerprint density at radius 2 is 2.12 bits per heavy atom. The van der Waals surface area contributed by atoms with Crippen LogP contribution in [0.5, 0.6) is 5.75 Å². The number of benzene rings is 1. The molecule has 0 spiro atoms. The second-order valence-corrected chi connectivity index (χ2v) is 6.32. The predicted molar refractivity (Wildman–Crippen MR) is 73.7 cm³/mol. The summed E-state index contributed by atoms with van der Waals surface area (Å²) in [5.74, 6) is 2.01. The molecule has 1 N–H and O–H groups in total. The van der Waals surface area contributed by atoms with E-state index in [1.165, 1.54) is 23.7 Å². The summed E-state index contributed by atoms with van der Waals surface area (Å²) in [7, 11) is 0. The van der Waals surface area contributed by atoms with E-state index in [2.05, 4.69) is 22.0 Å². The van der Waals surface area contributed by atoms with Gasteiger partial charge in [0, 0.05) is 10.9 Å². The lowest BCUT2D eigenvalue weighted by molar-refractivity contribution is 0.446. The number of allylic oxidation sites excluding steroid dienone is 2. The third kappa shape index (κ3) is 1.92. The van der Waals surface area contributed by atoms with Gasteiger partial charge in [-0.05, 0) is 46.9 Å². The molecule has 3 atom stereocenters. The first-order chi connectivity index (χ1) is 8.16. The van der Waals surface area contributed by atoms with E-state index < -0.39 is 0 Å². The molecule has 1 saturated carbocycles. The summed E-state index contributed by atoms with van der Waals surface area (Å²) in [4.78, 5) is 0. The van der Waals surface area contributed by atoms with Crippen molar-refractivity contribution in [3.8, 4) is 5.75 Å². The van der Waals surface area contributed by atoms with Crippen LogP contribution >= 0.6 is 27.5 Å². The number of fused-ring (bicyclic) bond motifs is 1. The number of phenols is 1. The van der Waals surface area contributed by atoms with E-state index in [0.717, 1.165) is 5.56 Å². The monoisotopic (exact) mass is 312 g/mol. The highest BCUT2D eigenvalue weighted by Gasteiger charge is 2.40. The minimum Gasteiger partial charge on any atom is -0.508 e. The van der Waals surface area contributed by atoms with Crippen LogP contribution in [0, 0.1) is 11.8 Å². The van der Waals surface area contributed by atoms with Crippen molar-refractivity contribution >= 4 is 27.5 Å². The number of hydrogen-bond donors (Lipinski definition) is 1. The van der Waals surface area contributed by atoms with Crippen LogP contribution in [0.3, 0.4) is 0 Å². The first-order valence-electron chi connectivity index (χ1n) is 6.02. The summed E-state index contributed by atoms with van der Waals surface area (Å²) in [5, 5.41) is 10.1. The SMILES string of the molecule is Oc1ccc(C2C(Br)=CC3CCCC32)c(Cl)c1. The van der Waals surface area contributed by atoms with E-state index in [1.807, 2.05) is 6.07 Å². The van der Waals surface area contributed by atoms with Crippen molar-refractivity contribution in [1.82, 2.24) is 0 Å². The van der Waals surface area contributed by atoms with Gasteiger partial charge < -0.3 is 5.11 Å². The van der Waals surface area contributed by atoms with Gasteiger partial charge in [-0.3, -0.25) is 0 Å². The Morgan fingerprint density at radius 1 is 1.29 bits per heavy atom. The Kier molecular flexibility index (Phi) is 2.95. The highest BCUT2D eigenvalue weighted by atomic mass is 79.9. The zero-order chi connectivity index (χ0) is 12.0. The van der Waals surface area contributed by atoms with E-state index in [4.69, 9.17) is 11.6 Å². The molecule has 2 aliphatic rings. The fraction of sp³-hybridized carbons (Fsp3) is 0.429. The van der Waals surface area contributed by atoms with Gasteiger partial charge in [-0.1, -0.05) is 46.1 Å². The molecule has 1 fully saturated rings. The van der Waals surface area contributed by atoms with Crippen molar-refractivity contribution in [3.05, 3.63) is 39.3 Å². The maximum atomic E-state index is 9.42. The van der Waals surface area contributed by atoms with E-state index in [0.29, 0.717) is 22.8 Å². The van der Waals surface area contributed by atoms with Crippen LogP contribution in [0.15, 0.2) is 28.8 Å². The van der Waals surface area contributed by atoms with E-state index >= 15 is 0 Å². The first-order valence-corrected chi connectivity index (χ1v) is 7.19. The largest absolute Gasteiger partial charge is 0.508 e. The highest BCUT2D eigenvalue weighted by molar-refractivity contribution is 9.11. The summed E-state index contributed by atoms with van der Waals surface area (Å²) >= 11 is 9.95. The minimum atomic E-state index is 0.236. The summed E-state index contributed by atoms with van der Waals surface area (Å²) < 4.78 is 1.26. The molecule has 0 radical (unpaired) electrons. The normalized spacial score (nSPS) is 31.4. The van der Waals surface area contributed by atoms with Gasteiger partial charge in [-0.15, -0.1) is 0 Å². The quantitative estimate of drug-likeness (QED) is 0.786. The molecule has 0 heterocycles. The molecular weight excluding hydrogens is 300 g/mol. The smallest absolute Gasteiger partial charge is 0.117 e. The number of halogens is 2. The summed E-state index contributed by atoms with van der Waals surface area (Å²) in [5.41, 5.74) is 1.14. The summed E-state index contributed by atoms with van der Waals surface area (Å²) in [6.45, 7) is 0. The lowest BCUT2D eigenvalue weighted by Gasteiger charge is -2.21. The Balaban J connectivity index is 2.01. The molecule has 0 saturated heterocycles. The topological polar surface area (TPSA) is 20.2 Å². The maximum Gasteiger partial charge on any atom is 0.117 e.